The second-order valence-electron chi connectivity index (χ2n) is 16.8. The SMILES string of the molecule is COc1ccc2c(O[C@@H]3C[C@H]4C(=O)N[C@]5(C(=O)NS(=O)(=O)C6CC6)CC5/C=C\CCCCC[C@H](CC(=O)N5CCCCC5)C(=O)N4C3)cc(-c3ccccc3)cc2c1. The number of ether oxygens (including phenoxy) is 2. The number of hydrogen-bond acceptors (Lipinski definition) is 8. The topological polar surface area (TPSA) is 151 Å². The molecular formula is C45H54N4O8S. The molecule has 0 radical (unpaired) electrons. The van der Waals surface area contributed by atoms with Gasteiger partial charge in [-0.25, -0.2) is 8.42 Å². The minimum absolute atomic E-state index is 0.0418. The number of carbonyl (C=O) groups is 4. The molecule has 0 aromatic heterocycles. The largest absolute Gasteiger partial charge is 0.497 e. The highest BCUT2D eigenvalue weighted by atomic mass is 32.2. The van der Waals surface area contributed by atoms with Gasteiger partial charge in [-0.1, -0.05) is 55.3 Å². The molecule has 3 aromatic rings. The summed E-state index contributed by atoms with van der Waals surface area (Å²) >= 11 is 0. The van der Waals surface area contributed by atoms with E-state index in [2.05, 4.69) is 16.1 Å². The highest BCUT2D eigenvalue weighted by Crippen LogP contribution is 2.46. The summed E-state index contributed by atoms with van der Waals surface area (Å²) in [5.41, 5.74) is 0.454. The van der Waals surface area contributed by atoms with E-state index in [0.717, 1.165) is 66.8 Å². The number of piperidine rings is 1. The van der Waals surface area contributed by atoms with Crippen LogP contribution in [0.2, 0.25) is 0 Å². The van der Waals surface area contributed by atoms with Gasteiger partial charge in [-0.15, -0.1) is 0 Å². The second kappa shape index (κ2) is 16.8. The van der Waals surface area contributed by atoms with Crippen LogP contribution in [0.1, 0.15) is 83.5 Å². The number of nitrogens with one attached hydrogen (secondary N) is 2. The number of sulfonamides is 1. The molecule has 1 unspecified atom stereocenters. The smallest absolute Gasteiger partial charge is 0.259 e. The Bertz CT molecular complexity index is 2180. The van der Waals surface area contributed by atoms with Crippen LogP contribution in [0.25, 0.3) is 21.9 Å². The van der Waals surface area contributed by atoms with E-state index < -0.39 is 56.6 Å². The van der Waals surface area contributed by atoms with E-state index in [1.807, 2.05) is 71.6 Å². The molecule has 5 aliphatic rings. The van der Waals surface area contributed by atoms with Crippen molar-refractivity contribution in [2.24, 2.45) is 11.8 Å². The molecule has 58 heavy (non-hydrogen) atoms. The van der Waals surface area contributed by atoms with E-state index in [9.17, 15) is 27.6 Å². The van der Waals surface area contributed by atoms with E-state index in [0.29, 0.717) is 43.9 Å². The van der Waals surface area contributed by atoms with Gasteiger partial charge >= 0.3 is 0 Å². The molecule has 0 spiro atoms. The molecule has 2 aliphatic carbocycles. The predicted molar refractivity (Wildman–Crippen MR) is 220 cm³/mol. The maximum atomic E-state index is 14.9. The van der Waals surface area contributed by atoms with Crippen LogP contribution in [0.3, 0.4) is 0 Å². The Labute approximate surface area is 340 Å². The van der Waals surface area contributed by atoms with Crippen molar-refractivity contribution in [1.29, 1.82) is 0 Å². The van der Waals surface area contributed by atoms with Gasteiger partial charge in [-0.2, -0.15) is 0 Å². The standard InChI is InChI=1S/C45H54N4O8S/c1-56-35-17-20-38-33(24-35)23-32(30-13-8-5-9-14-30)25-40(38)57-36-27-39-42(51)46-45(44(53)47-58(54,55)37-18-19-37)28-34(45)16-10-4-2-3-7-15-31(43(52)49(39)29-36)26-41(50)48-21-11-6-12-22-48/h5,8-10,13-14,16-17,20,23-25,31,34,36-37,39H,2-4,6-7,11-12,15,18-19,21-22,26-29H2,1H3,(H,46,51)(H,47,53)/b16-10-/t31-,34?,36-,39+,45-/m1/s1. The number of allylic oxidation sites excluding steroid dienone is 1. The molecule has 8 rings (SSSR count). The Balaban J connectivity index is 1.12. The zero-order valence-electron chi connectivity index (χ0n) is 33.2. The molecule has 13 heteroatoms. The average molecular weight is 811 g/mol. The lowest BCUT2D eigenvalue weighted by Gasteiger charge is -2.31. The average Bonchev–Trinajstić information content (AvgIpc) is 4.16. The fourth-order valence-corrected chi connectivity index (χ4v) is 10.3. The van der Waals surface area contributed by atoms with Crippen molar-refractivity contribution in [2.75, 3.05) is 26.7 Å². The summed E-state index contributed by atoms with van der Waals surface area (Å²) < 4.78 is 40.5. The monoisotopic (exact) mass is 810 g/mol. The summed E-state index contributed by atoms with van der Waals surface area (Å²) in [5, 5.41) is 4.10. The molecule has 4 amide bonds. The van der Waals surface area contributed by atoms with Crippen LogP contribution in [0, 0.1) is 11.8 Å². The molecule has 5 atom stereocenters. The van der Waals surface area contributed by atoms with Gasteiger partial charge in [0.25, 0.3) is 5.91 Å². The quantitative estimate of drug-likeness (QED) is 0.254. The van der Waals surface area contributed by atoms with E-state index in [4.69, 9.17) is 9.47 Å². The van der Waals surface area contributed by atoms with Gasteiger partial charge in [0.2, 0.25) is 27.7 Å². The van der Waals surface area contributed by atoms with E-state index in [1.54, 1.807) is 12.0 Å². The normalized spacial score (nSPS) is 27.3. The Hall–Kier alpha value is -4.91. The predicted octanol–water partition coefficient (Wildman–Crippen LogP) is 5.89. The van der Waals surface area contributed by atoms with E-state index in [-0.39, 0.29) is 37.6 Å². The third-order valence-electron chi connectivity index (χ3n) is 12.6. The molecule has 3 heterocycles. The Morgan fingerprint density at radius 2 is 1.69 bits per heavy atom. The lowest BCUT2D eigenvalue weighted by Crippen LogP contribution is -2.57. The first-order valence-corrected chi connectivity index (χ1v) is 22.6. The fourth-order valence-electron chi connectivity index (χ4n) is 8.98. The number of fused-ring (bicyclic) bond motifs is 3. The van der Waals surface area contributed by atoms with Gasteiger partial charge in [-0.05, 0) is 105 Å². The molecule has 3 aliphatic heterocycles. The van der Waals surface area contributed by atoms with Gasteiger partial charge < -0.3 is 24.6 Å². The summed E-state index contributed by atoms with van der Waals surface area (Å²) in [4.78, 5) is 60.5. The first-order chi connectivity index (χ1) is 28.0. The summed E-state index contributed by atoms with van der Waals surface area (Å²) in [7, 11) is -2.26. The molecule has 0 bridgehead atoms. The minimum atomic E-state index is -3.88. The van der Waals surface area contributed by atoms with Gasteiger partial charge in [0.15, 0.2) is 0 Å². The van der Waals surface area contributed by atoms with Crippen molar-refractivity contribution in [3.8, 4) is 22.6 Å². The van der Waals surface area contributed by atoms with Gasteiger partial charge in [-0.3, -0.25) is 23.9 Å². The maximum Gasteiger partial charge on any atom is 0.259 e. The zero-order chi connectivity index (χ0) is 40.4. The first-order valence-electron chi connectivity index (χ1n) is 21.0. The van der Waals surface area contributed by atoms with Gasteiger partial charge in [0, 0.05) is 43.2 Å². The Morgan fingerprint density at radius 1 is 0.914 bits per heavy atom. The van der Waals surface area contributed by atoms with Crippen LogP contribution in [-0.4, -0.2) is 91.5 Å². The van der Waals surface area contributed by atoms with Crippen LogP contribution in [0.15, 0.2) is 72.8 Å². The van der Waals surface area contributed by atoms with Crippen LogP contribution >= 0.6 is 0 Å². The molecular weight excluding hydrogens is 757 g/mol. The minimum Gasteiger partial charge on any atom is -0.497 e. The molecule has 2 saturated carbocycles. The second-order valence-corrected chi connectivity index (χ2v) is 18.7. The van der Waals surface area contributed by atoms with Crippen LogP contribution < -0.4 is 19.5 Å². The number of benzene rings is 3. The van der Waals surface area contributed by atoms with Gasteiger partial charge in [0.05, 0.1) is 18.9 Å². The van der Waals surface area contributed by atoms with Crippen LogP contribution in [0.5, 0.6) is 11.5 Å². The number of hydrogen-bond donors (Lipinski definition) is 2. The number of methoxy groups -OCH3 is 1. The Morgan fingerprint density at radius 3 is 2.45 bits per heavy atom. The lowest BCUT2D eigenvalue weighted by atomic mass is 9.94. The number of rotatable bonds is 9. The highest BCUT2D eigenvalue weighted by molar-refractivity contribution is 7.91. The Kier molecular flexibility index (Phi) is 11.5. The summed E-state index contributed by atoms with van der Waals surface area (Å²) in [6, 6.07) is 18.7. The lowest BCUT2D eigenvalue weighted by molar-refractivity contribution is -0.145. The van der Waals surface area contributed by atoms with Gasteiger partial charge in [0.1, 0.15) is 29.2 Å². The van der Waals surface area contributed by atoms with Crippen molar-refractivity contribution in [1.82, 2.24) is 19.8 Å². The highest BCUT2D eigenvalue weighted by Gasteiger charge is 2.62. The van der Waals surface area contributed by atoms with E-state index >= 15 is 0 Å². The van der Waals surface area contributed by atoms with Crippen molar-refractivity contribution < 1.29 is 37.1 Å². The molecule has 4 fully saturated rings. The van der Waals surface area contributed by atoms with Crippen molar-refractivity contribution in [3.63, 3.8) is 0 Å². The van der Waals surface area contributed by atoms with Crippen molar-refractivity contribution in [3.05, 3.63) is 72.8 Å². The molecule has 12 nitrogen and oxygen atoms in total. The first kappa shape index (κ1) is 39.9. The number of carbonyl (C=O) groups excluding carboxylic acids is 4. The number of amides is 4. The van der Waals surface area contributed by atoms with Crippen LogP contribution in [-0.2, 0) is 29.2 Å². The molecule has 3 aromatic carbocycles. The van der Waals surface area contributed by atoms with Crippen LogP contribution in [0.4, 0.5) is 0 Å². The molecule has 2 saturated heterocycles. The number of likely N-dealkylation sites (tertiary alicyclic amines) is 1. The summed E-state index contributed by atoms with van der Waals surface area (Å²) in [6.45, 7) is 1.46. The third-order valence-corrected chi connectivity index (χ3v) is 14.4. The maximum absolute atomic E-state index is 14.9. The van der Waals surface area contributed by atoms with Crippen molar-refractivity contribution >= 4 is 44.4 Å². The third kappa shape index (κ3) is 8.60. The van der Waals surface area contributed by atoms with Crippen molar-refractivity contribution in [2.45, 2.75) is 106 Å². The summed E-state index contributed by atoms with van der Waals surface area (Å²) in [5.74, 6) is -1.36. The zero-order valence-corrected chi connectivity index (χ0v) is 34.0. The molecule has 2 N–H and O–H groups in total. The number of nitrogens with zero attached hydrogens (tertiary/aromatic N) is 2. The van der Waals surface area contributed by atoms with E-state index in [1.165, 1.54) is 0 Å². The fraction of sp³-hybridized carbons (Fsp3) is 0.511. The molecule has 308 valence electrons. The summed E-state index contributed by atoms with van der Waals surface area (Å²) in [6.07, 6.45) is 11.4.